The number of thiophene rings is 1. The van der Waals surface area contributed by atoms with Crippen molar-refractivity contribution in [2.45, 2.75) is 38.6 Å². The Labute approximate surface area is 107 Å². The van der Waals surface area contributed by atoms with E-state index in [1.54, 1.807) is 11.3 Å². The molecule has 16 heavy (non-hydrogen) atoms. The summed E-state index contributed by atoms with van der Waals surface area (Å²) in [5, 5.41) is 3.62. The van der Waals surface area contributed by atoms with Crippen LogP contribution in [0.25, 0.3) is 0 Å². The SMILES string of the molecule is C/C=C/CCNC1CCCc2sc(Cl)cc21. The summed E-state index contributed by atoms with van der Waals surface area (Å²) in [6, 6.07) is 2.67. The van der Waals surface area contributed by atoms with Crippen molar-refractivity contribution in [3.05, 3.63) is 33.0 Å². The van der Waals surface area contributed by atoms with E-state index in [0.717, 1.165) is 17.3 Å². The lowest BCUT2D eigenvalue weighted by Gasteiger charge is -2.23. The molecule has 1 aliphatic carbocycles. The lowest BCUT2D eigenvalue weighted by molar-refractivity contribution is 0.468. The maximum atomic E-state index is 6.08. The van der Waals surface area contributed by atoms with E-state index in [-0.39, 0.29) is 0 Å². The highest BCUT2D eigenvalue weighted by Crippen LogP contribution is 2.37. The molecule has 1 N–H and O–H groups in total. The van der Waals surface area contributed by atoms with Gasteiger partial charge in [-0.2, -0.15) is 0 Å². The van der Waals surface area contributed by atoms with Crippen molar-refractivity contribution in [3.63, 3.8) is 0 Å². The summed E-state index contributed by atoms with van der Waals surface area (Å²) in [6.45, 7) is 3.12. The standard InChI is InChI=1S/C13H18ClNS/c1-2-3-4-8-15-11-6-5-7-12-10(11)9-13(14)16-12/h2-3,9,11,15H,4-8H2,1H3/b3-2+. The van der Waals surface area contributed by atoms with Crippen LogP contribution in [0.4, 0.5) is 0 Å². The number of hydrogen-bond acceptors (Lipinski definition) is 2. The number of halogens is 1. The van der Waals surface area contributed by atoms with E-state index in [4.69, 9.17) is 11.6 Å². The number of hydrogen-bond donors (Lipinski definition) is 1. The van der Waals surface area contributed by atoms with Crippen molar-refractivity contribution in [3.8, 4) is 0 Å². The summed E-state index contributed by atoms with van der Waals surface area (Å²) in [6.07, 6.45) is 9.16. The van der Waals surface area contributed by atoms with Crippen molar-refractivity contribution in [2.24, 2.45) is 0 Å². The van der Waals surface area contributed by atoms with Crippen molar-refractivity contribution in [2.75, 3.05) is 6.54 Å². The van der Waals surface area contributed by atoms with Gasteiger partial charge in [0.1, 0.15) is 0 Å². The minimum absolute atomic E-state index is 0.526. The maximum Gasteiger partial charge on any atom is 0.0934 e. The molecule has 0 bridgehead atoms. The van der Waals surface area contributed by atoms with Crippen LogP contribution in [0.1, 0.15) is 42.7 Å². The third-order valence-electron chi connectivity index (χ3n) is 3.02. The van der Waals surface area contributed by atoms with Gasteiger partial charge in [-0.1, -0.05) is 23.8 Å². The summed E-state index contributed by atoms with van der Waals surface area (Å²) in [4.78, 5) is 1.49. The molecule has 3 heteroatoms. The molecule has 1 aromatic rings. The highest BCUT2D eigenvalue weighted by atomic mass is 35.5. The molecule has 0 aromatic carbocycles. The average Bonchev–Trinajstić information content (AvgIpc) is 2.65. The second-order valence-electron chi connectivity index (χ2n) is 4.19. The van der Waals surface area contributed by atoms with Gasteiger partial charge in [0.25, 0.3) is 0 Å². The molecule has 1 unspecified atom stereocenters. The summed E-state index contributed by atoms with van der Waals surface area (Å²) < 4.78 is 0.937. The van der Waals surface area contributed by atoms with Crippen LogP contribution in [0, 0.1) is 0 Å². The minimum Gasteiger partial charge on any atom is -0.310 e. The van der Waals surface area contributed by atoms with E-state index in [2.05, 4.69) is 30.5 Å². The first kappa shape index (κ1) is 12.2. The molecule has 0 amide bonds. The molecule has 1 heterocycles. The molecule has 0 radical (unpaired) electrons. The Hall–Kier alpha value is -0.310. The van der Waals surface area contributed by atoms with E-state index in [1.165, 1.54) is 29.7 Å². The van der Waals surface area contributed by atoms with E-state index in [0.29, 0.717) is 6.04 Å². The molecular weight excluding hydrogens is 238 g/mol. The quantitative estimate of drug-likeness (QED) is 0.624. The monoisotopic (exact) mass is 255 g/mol. The largest absolute Gasteiger partial charge is 0.310 e. The predicted molar refractivity (Wildman–Crippen MR) is 72.4 cm³/mol. The van der Waals surface area contributed by atoms with Gasteiger partial charge in [0, 0.05) is 10.9 Å². The first-order chi connectivity index (χ1) is 7.81. The van der Waals surface area contributed by atoms with Gasteiger partial charge >= 0.3 is 0 Å². The second-order valence-corrected chi connectivity index (χ2v) is 5.95. The zero-order chi connectivity index (χ0) is 11.4. The van der Waals surface area contributed by atoms with E-state index in [1.807, 2.05) is 0 Å². The van der Waals surface area contributed by atoms with Gasteiger partial charge in [0.05, 0.1) is 4.34 Å². The zero-order valence-corrected chi connectivity index (χ0v) is 11.2. The molecule has 0 aliphatic heterocycles. The molecule has 0 saturated heterocycles. The first-order valence-electron chi connectivity index (χ1n) is 5.94. The fourth-order valence-corrected chi connectivity index (χ4v) is 3.62. The summed E-state index contributed by atoms with van der Waals surface area (Å²) >= 11 is 7.83. The first-order valence-corrected chi connectivity index (χ1v) is 7.13. The lowest BCUT2D eigenvalue weighted by atomic mass is 9.94. The molecule has 1 atom stereocenters. The van der Waals surface area contributed by atoms with Crippen LogP contribution in [0.2, 0.25) is 4.34 Å². The third kappa shape index (κ3) is 2.88. The highest BCUT2D eigenvalue weighted by Gasteiger charge is 2.21. The molecule has 88 valence electrons. The predicted octanol–water partition coefficient (Wildman–Crippen LogP) is 4.33. The Kier molecular flexibility index (Phi) is 4.45. The van der Waals surface area contributed by atoms with E-state index >= 15 is 0 Å². The van der Waals surface area contributed by atoms with Gasteiger partial charge in [-0.3, -0.25) is 0 Å². The molecule has 1 aliphatic rings. The summed E-state index contributed by atoms with van der Waals surface area (Å²) in [5.41, 5.74) is 1.45. The molecule has 1 aromatic heterocycles. The normalized spacial score (nSPS) is 20.2. The van der Waals surface area contributed by atoms with Gasteiger partial charge < -0.3 is 5.32 Å². The van der Waals surface area contributed by atoms with Crippen LogP contribution in [-0.2, 0) is 6.42 Å². The minimum atomic E-state index is 0.526. The Morgan fingerprint density at radius 2 is 2.50 bits per heavy atom. The Morgan fingerprint density at radius 1 is 1.62 bits per heavy atom. The molecule has 0 saturated carbocycles. The Balaban J connectivity index is 1.96. The van der Waals surface area contributed by atoms with Crippen molar-refractivity contribution in [1.82, 2.24) is 5.32 Å². The molecule has 1 nitrogen and oxygen atoms in total. The highest BCUT2D eigenvalue weighted by molar-refractivity contribution is 7.16. The maximum absolute atomic E-state index is 6.08. The number of nitrogens with one attached hydrogen (secondary N) is 1. The Bertz CT molecular complexity index is 370. The fraction of sp³-hybridized carbons (Fsp3) is 0.538. The van der Waals surface area contributed by atoms with Crippen LogP contribution >= 0.6 is 22.9 Å². The van der Waals surface area contributed by atoms with E-state index in [9.17, 15) is 0 Å². The van der Waals surface area contributed by atoms with E-state index < -0.39 is 0 Å². The number of fused-ring (bicyclic) bond motifs is 1. The topological polar surface area (TPSA) is 12.0 Å². The van der Waals surface area contributed by atoms with Gasteiger partial charge in [-0.05, 0) is 50.8 Å². The number of allylic oxidation sites excluding steroid dienone is 1. The van der Waals surface area contributed by atoms with Gasteiger partial charge in [0.2, 0.25) is 0 Å². The van der Waals surface area contributed by atoms with Crippen LogP contribution < -0.4 is 5.32 Å². The number of rotatable bonds is 4. The zero-order valence-electron chi connectivity index (χ0n) is 9.63. The molecule has 0 fully saturated rings. The summed E-state index contributed by atoms with van der Waals surface area (Å²) in [5.74, 6) is 0. The van der Waals surface area contributed by atoms with Crippen LogP contribution in [0.5, 0.6) is 0 Å². The van der Waals surface area contributed by atoms with Gasteiger partial charge in [0.15, 0.2) is 0 Å². The second kappa shape index (κ2) is 5.85. The fourth-order valence-electron chi connectivity index (χ4n) is 2.24. The summed E-state index contributed by atoms with van der Waals surface area (Å²) in [7, 11) is 0. The van der Waals surface area contributed by atoms with Crippen molar-refractivity contribution >= 4 is 22.9 Å². The smallest absolute Gasteiger partial charge is 0.0934 e. The van der Waals surface area contributed by atoms with Crippen LogP contribution in [0.3, 0.4) is 0 Å². The average molecular weight is 256 g/mol. The van der Waals surface area contributed by atoms with Crippen molar-refractivity contribution in [1.29, 1.82) is 0 Å². The van der Waals surface area contributed by atoms with Gasteiger partial charge in [-0.15, -0.1) is 11.3 Å². The lowest BCUT2D eigenvalue weighted by Crippen LogP contribution is -2.24. The van der Waals surface area contributed by atoms with Crippen LogP contribution in [0.15, 0.2) is 18.2 Å². The number of aryl methyl sites for hydroxylation is 1. The van der Waals surface area contributed by atoms with Crippen LogP contribution in [-0.4, -0.2) is 6.54 Å². The van der Waals surface area contributed by atoms with Gasteiger partial charge in [-0.25, -0.2) is 0 Å². The third-order valence-corrected chi connectivity index (χ3v) is 4.36. The molecule has 0 spiro atoms. The molecular formula is C13H18ClNS. The Morgan fingerprint density at radius 3 is 3.31 bits per heavy atom. The molecule has 2 rings (SSSR count). The van der Waals surface area contributed by atoms with Crippen molar-refractivity contribution < 1.29 is 0 Å².